The van der Waals surface area contributed by atoms with E-state index in [9.17, 15) is 8.78 Å². The molecule has 0 nitrogen and oxygen atoms in total. The van der Waals surface area contributed by atoms with Crippen LogP contribution in [0.25, 0.3) is 0 Å². The summed E-state index contributed by atoms with van der Waals surface area (Å²) in [5, 5.41) is 0. The average Bonchev–Trinajstić information content (AvgIpc) is 1.99. The van der Waals surface area contributed by atoms with Crippen LogP contribution in [0.5, 0.6) is 0 Å². The van der Waals surface area contributed by atoms with Crippen LogP contribution in [0.1, 0.15) is 39.5 Å². The second kappa shape index (κ2) is 5.28. The highest BCUT2D eigenvalue weighted by molar-refractivity contribution is 4.77. The van der Waals surface area contributed by atoms with Crippen molar-refractivity contribution in [3.05, 3.63) is 12.2 Å². The molecule has 0 aromatic rings. The summed E-state index contributed by atoms with van der Waals surface area (Å²) < 4.78 is 25.1. The number of allylic oxidation sites excluding steroid dienone is 2. The van der Waals surface area contributed by atoms with Crippen LogP contribution in [0, 0.1) is 0 Å². The molecule has 0 aliphatic rings. The topological polar surface area (TPSA) is 0 Å². The van der Waals surface area contributed by atoms with E-state index in [1.54, 1.807) is 0 Å². The first kappa shape index (κ1) is 10.6. The van der Waals surface area contributed by atoms with E-state index in [4.69, 9.17) is 0 Å². The van der Waals surface area contributed by atoms with E-state index in [1.807, 2.05) is 19.1 Å². The van der Waals surface area contributed by atoms with Gasteiger partial charge in [0.2, 0.25) is 5.92 Å². The van der Waals surface area contributed by atoms with Crippen LogP contribution in [0.2, 0.25) is 0 Å². The van der Waals surface area contributed by atoms with Crippen molar-refractivity contribution in [3.8, 4) is 0 Å². The van der Waals surface area contributed by atoms with Gasteiger partial charge in [-0.2, -0.15) is 0 Å². The van der Waals surface area contributed by atoms with Crippen LogP contribution < -0.4 is 0 Å². The zero-order valence-corrected chi connectivity index (χ0v) is 7.24. The third kappa shape index (κ3) is 6.02. The van der Waals surface area contributed by atoms with Gasteiger partial charge in [0.05, 0.1) is 0 Å². The van der Waals surface area contributed by atoms with Gasteiger partial charge in [-0.05, 0) is 19.8 Å². The first-order chi connectivity index (χ1) is 5.12. The fourth-order valence-electron chi connectivity index (χ4n) is 0.822. The molecule has 0 aliphatic heterocycles. The highest BCUT2D eigenvalue weighted by atomic mass is 19.3. The van der Waals surface area contributed by atoms with E-state index in [0.29, 0.717) is 6.42 Å². The van der Waals surface area contributed by atoms with Gasteiger partial charge in [0.15, 0.2) is 0 Å². The lowest BCUT2D eigenvalue weighted by atomic mass is 10.1. The van der Waals surface area contributed by atoms with Gasteiger partial charge in [0, 0.05) is 12.8 Å². The standard InChI is InChI=1S/C9H16F2/c1-3-5-6-7-8-9(10,11)4-2/h3,5H,4,6-8H2,1-2H3/b5-3+. The molecule has 0 spiro atoms. The fourth-order valence-corrected chi connectivity index (χ4v) is 0.822. The summed E-state index contributed by atoms with van der Waals surface area (Å²) in [6.07, 6.45) is 5.16. The summed E-state index contributed by atoms with van der Waals surface area (Å²) in [6.45, 7) is 3.42. The van der Waals surface area contributed by atoms with Crippen molar-refractivity contribution in [1.29, 1.82) is 0 Å². The van der Waals surface area contributed by atoms with Crippen molar-refractivity contribution >= 4 is 0 Å². The Morgan fingerprint density at radius 3 is 2.45 bits per heavy atom. The van der Waals surface area contributed by atoms with Crippen molar-refractivity contribution < 1.29 is 8.78 Å². The maximum Gasteiger partial charge on any atom is 0.247 e. The zero-order chi connectivity index (χ0) is 8.74. The Morgan fingerprint density at radius 2 is 2.00 bits per heavy atom. The van der Waals surface area contributed by atoms with E-state index in [-0.39, 0.29) is 12.8 Å². The third-order valence-electron chi connectivity index (χ3n) is 1.67. The number of alkyl halides is 2. The first-order valence-corrected chi connectivity index (χ1v) is 4.11. The van der Waals surface area contributed by atoms with Gasteiger partial charge in [-0.15, -0.1) is 0 Å². The molecule has 0 unspecified atom stereocenters. The number of rotatable bonds is 5. The Kier molecular flexibility index (Phi) is 5.08. The lowest BCUT2D eigenvalue weighted by molar-refractivity contribution is -0.0129. The second-order valence-corrected chi connectivity index (χ2v) is 2.67. The molecular weight excluding hydrogens is 146 g/mol. The quantitative estimate of drug-likeness (QED) is 0.426. The minimum Gasteiger partial charge on any atom is -0.207 e. The van der Waals surface area contributed by atoms with E-state index >= 15 is 0 Å². The monoisotopic (exact) mass is 162 g/mol. The van der Waals surface area contributed by atoms with E-state index in [0.717, 1.165) is 6.42 Å². The van der Waals surface area contributed by atoms with Crippen molar-refractivity contribution in [1.82, 2.24) is 0 Å². The molecule has 0 aliphatic carbocycles. The SMILES string of the molecule is C/C=C/CCCC(F)(F)CC. The van der Waals surface area contributed by atoms with E-state index < -0.39 is 5.92 Å². The van der Waals surface area contributed by atoms with E-state index in [2.05, 4.69) is 0 Å². The molecule has 0 aromatic carbocycles. The molecule has 0 fully saturated rings. The minimum absolute atomic E-state index is 0.0217. The van der Waals surface area contributed by atoms with Gasteiger partial charge < -0.3 is 0 Å². The minimum atomic E-state index is -2.44. The Morgan fingerprint density at radius 1 is 1.36 bits per heavy atom. The summed E-state index contributed by atoms with van der Waals surface area (Å²) in [5.41, 5.74) is 0. The Labute approximate surface area is 67.3 Å². The molecule has 0 aromatic heterocycles. The van der Waals surface area contributed by atoms with Gasteiger partial charge in [-0.3, -0.25) is 0 Å². The highest BCUT2D eigenvalue weighted by Gasteiger charge is 2.24. The summed E-state index contributed by atoms with van der Waals surface area (Å²) in [7, 11) is 0. The number of halogens is 2. The van der Waals surface area contributed by atoms with Gasteiger partial charge in [-0.1, -0.05) is 19.1 Å². The molecule has 0 saturated heterocycles. The molecule has 0 N–H and O–H groups in total. The normalized spacial score (nSPS) is 12.7. The first-order valence-electron chi connectivity index (χ1n) is 4.11. The van der Waals surface area contributed by atoms with Crippen LogP contribution in [0.15, 0.2) is 12.2 Å². The summed E-state index contributed by atoms with van der Waals surface area (Å²) in [4.78, 5) is 0. The summed E-state index contributed by atoms with van der Waals surface area (Å²) >= 11 is 0. The molecule has 0 atom stereocenters. The molecule has 0 heterocycles. The number of hydrogen-bond acceptors (Lipinski definition) is 0. The number of unbranched alkanes of at least 4 members (excludes halogenated alkanes) is 1. The lowest BCUT2D eigenvalue weighted by Gasteiger charge is -2.12. The van der Waals surface area contributed by atoms with Gasteiger partial charge >= 0.3 is 0 Å². The maximum absolute atomic E-state index is 12.6. The van der Waals surface area contributed by atoms with Crippen molar-refractivity contribution in [2.45, 2.75) is 45.5 Å². The second-order valence-electron chi connectivity index (χ2n) is 2.67. The third-order valence-corrected chi connectivity index (χ3v) is 1.67. The number of hydrogen-bond donors (Lipinski definition) is 0. The molecule has 0 radical (unpaired) electrons. The highest BCUT2D eigenvalue weighted by Crippen LogP contribution is 2.24. The Bertz CT molecular complexity index is 117. The zero-order valence-electron chi connectivity index (χ0n) is 7.24. The van der Waals surface area contributed by atoms with Crippen LogP contribution in [-0.2, 0) is 0 Å². The average molecular weight is 162 g/mol. The van der Waals surface area contributed by atoms with Gasteiger partial charge in [-0.25, -0.2) is 8.78 Å². The smallest absolute Gasteiger partial charge is 0.207 e. The molecule has 0 bridgehead atoms. The molecular formula is C9H16F2. The predicted molar refractivity (Wildman–Crippen MR) is 43.9 cm³/mol. The van der Waals surface area contributed by atoms with Crippen molar-refractivity contribution in [2.24, 2.45) is 0 Å². The van der Waals surface area contributed by atoms with E-state index in [1.165, 1.54) is 6.92 Å². The van der Waals surface area contributed by atoms with Gasteiger partial charge in [0.25, 0.3) is 0 Å². The van der Waals surface area contributed by atoms with Crippen LogP contribution >= 0.6 is 0 Å². The van der Waals surface area contributed by atoms with Crippen LogP contribution in [0.4, 0.5) is 8.78 Å². The molecule has 0 rings (SSSR count). The molecule has 66 valence electrons. The predicted octanol–water partition coefficient (Wildman–Crippen LogP) is 3.78. The summed E-state index contributed by atoms with van der Waals surface area (Å²) in [6, 6.07) is 0. The summed E-state index contributed by atoms with van der Waals surface area (Å²) in [5.74, 6) is -2.44. The lowest BCUT2D eigenvalue weighted by Crippen LogP contribution is -2.13. The van der Waals surface area contributed by atoms with Crippen molar-refractivity contribution in [3.63, 3.8) is 0 Å². The van der Waals surface area contributed by atoms with Crippen molar-refractivity contribution in [2.75, 3.05) is 0 Å². The van der Waals surface area contributed by atoms with Crippen LogP contribution in [-0.4, -0.2) is 5.92 Å². The molecule has 11 heavy (non-hydrogen) atoms. The molecule has 0 saturated carbocycles. The molecule has 0 amide bonds. The fraction of sp³-hybridized carbons (Fsp3) is 0.778. The molecule has 2 heteroatoms. The largest absolute Gasteiger partial charge is 0.247 e. The van der Waals surface area contributed by atoms with Crippen LogP contribution in [0.3, 0.4) is 0 Å². The van der Waals surface area contributed by atoms with Gasteiger partial charge in [0.1, 0.15) is 0 Å². The Hall–Kier alpha value is -0.400. The Balaban J connectivity index is 3.37. The maximum atomic E-state index is 12.6.